The van der Waals surface area contributed by atoms with Gasteiger partial charge in [0.1, 0.15) is 0 Å². The standard InChI is InChI=1S/C14H15NO2/c1-15-10-9-11-5-3-4-6-12(11)13(15)7-8-14(16)17-2/h3-10,13H,1-2H3/b8-7+. The van der Waals surface area contributed by atoms with Gasteiger partial charge in [0.05, 0.1) is 13.2 Å². The molecule has 0 saturated carbocycles. The first-order chi connectivity index (χ1) is 8.22. The molecule has 1 aromatic carbocycles. The summed E-state index contributed by atoms with van der Waals surface area (Å²) in [6, 6.07) is 8.23. The minimum absolute atomic E-state index is 0.0790. The van der Waals surface area contributed by atoms with Crippen LogP contribution < -0.4 is 0 Å². The lowest BCUT2D eigenvalue weighted by Crippen LogP contribution is -2.21. The minimum atomic E-state index is -0.328. The second-order valence-electron chi connectivity index (χ2n) is 3.94. The summed E-state index contributed by atoms with van der Waals surface area (Å²) in [7, 11) is 3.36. The molecule has 1 aliphatic rings. The Hall–Kier alpha value is -2.03. The molecular formula is C14H15NO2. The molecule has 3 nitrogen and oxygen atoms in total. The van der Waals surface area contributed by atoms with Gasteiger partial charge in [-0.05, 0) is 17.2 Å². The summed E-state index contributed by atoms with van der Waals surface area (Å²) in [5, 5.41) is 0. The van der Waals surface area contributed by atoms with Gasteiger partial charge in [-0.2, -0.15) is 0 Å². The lowest BCUT2D eigenvalue weighted by atomic mass is 9.96. The Morgan fingerprint density at radius 1 is 1.41 bits per heavy atom. The fraction of sp³-hybridized carbons (Fsp3) is 0.214. The average Bonchev–Trinajstić information content (AvgIpc) is 2.37. The molecule has 0 aromatic heterocycles. The second kappa shape index (κ2) is 4.87. The minimum Gasteiger partial charge on any atom is -0.466 e. The molecule has 1 unspecified atom stereocenters. The second-order valence-corrected chi connectivity index (χ2v) is 3.94. The van der Waals surface area contributed by atoms with Crippen LogP contribution in [0.15, 0.2) is 42.6 Å². The van der Waals surface area contributed by atoms with E-state index in [0.717, 1.165) is 0 Å². The number of rotatable bonds is 2. The van der Waals surface area contributed by atoms with Gasteiger partial charge in [0.15, 0.2) is 0 Å². The van der Waals surface area contributed by atoms with Gasteiger partial charge in [0.2, 0.25) is 0 Å². The number of fused-ring (bicyclic) bond motifs is 1. The molecule has 0 N–H and O–H groups in total. The summed E-state index contributed by atoms with van der Waals surface area (Å²) >= 11 is 0. The lowest BCUT2D eigenvalue weighted by molar-refractivity contribution is -0.134. The van der Waals surface area contributed by atoms with Crippen LogP contribution >= 0.6 is 0 Å². The average molecular weight is 229 g/mol. The van der Waals surface area contributed by atoms with Gasteiger partial charge in [0.25, 0.3) is 0 Å². The maximum absolute atomic E-state index is 11.1. The molecule has 88 valence electrons. The smallest absolute Gasteiger partial charge is 0.330 e. The van der Waals surface area contributed by atoms with Crippen molar-refractivity contribution in [2.75, 3.05) is 14.2 Å². The Morgan fingerprint density at radius 2 is 2.18 bits per heavy atom. The van der Waals surface area contributed by atoms with Crippen LogP contribution in [0, 0.1) is 0 Å². The molecule has 1 atom stereocenters. The van der Waals surface area contributed by atoms with Crippen LogP contribution in [-0.2, 0) is 9.53 Å². The third-order valence-corrected chi connectivity index (χ3v) is 2.86. The van der Waals surface area contributed by atoms with Gasteiger partial charge in [0, 0.05) is 19.3 Å². The molecule has 17 heavy (non-hydrogen) atoms. The fourth-order valence-electron chi connectivity index (χ4n) is 1.92. The molecule has 1 aromatic rings. The van der Waals surface area contributed by atoms with Crippen molar-refractivity contribution >= 4 is 12.0 Å². The van der Waals surface area contributed by atoms with Crippen molar-refractivity contribution in [1.82, 2.24) is 4.90 Å². The van der Waals surface area contributed by atoms with Crippen molar-refractivity contribution in [2.45, 2.75) is 6.04 Å². The topological polar surface area (TPSA) is 29.5 Å². The molecule has 1 aliphatic heterocycles. The molecule has 1 heterocycles. The first-order valence-electron chi connectivity index (χ1n) is 5.47. The first kappa shape index (κ1) is 11.5. The number of nitrogens with zero attached hydrogens (tertiary/aromatic N) is 1. The van der Waals surface area contributed by atoms with E-state index < -0.39 is 0 Å². The van der Waals surface area contributed by atoms with E-state index in [0.29, 0.717) is 0 Å². The van der Waals surface area contributed by atoms with Gasteiger partial charge < -0.3 is 9.64 Å². The summed E-state index contributed by atoms with van der Waals surface area (Å²) in [5.41, 5.74) is 2.38. The van der Waals surface area contributed by atoms with Crippen molar-refractivity contribution < 1.29 is 9.53 Å². The zero-order chi connectivity index (χ0) is 12.3. The Balaban J connectivity index is 2.30. The van der Waals surface area contributed by atoms with Crippen LogP contribution in [0.2, 0.25) is 0 Å². The van der Waals surface area contributed by atoms with Gasteiger partial charge in [-0.3, -0.25) is 0 Å². The number of hydrogen-bond donors (Lipinski definition) is 0. The highest BCUT2D eigenvalue weighted by Gasteiger charge is 2.17. The summed E-state index contributed by atoms with van der Waals surface area (Å²) in [6.45, 7) is 0. The quantitative estimate of drug-likeness (QED) is 0.576. The van der Waals surface area contributed by atoms with E-state index in [-0.39, 0.29) is 12.0 Å². The number of carbonyl (C=O) groups excluding carboxylic acids is 1. The molecule has 0 amide bonds. The van der Waals surface area contributed by atoms with E-state index in [1.54, 1.807) is 0 Å². The molecule has 0 spiro atoms. The molecule has 0 saturated heterocycles. The van der Waals surface area contributed by atoms with Crippen LogP contribution in [0.25, 0.3) is 6.08 Å². The van der Waals surface area contributed by atoms with Crippen molar-refractivity contribution in [1.29, 1.82) is 0 Å². The van der Waals surface area contributed by atoms with E-state index in [2.05, 4.69) is 27.8 Å². The van der Waals surface area contributed by atoms with Crippen LogP contribution in [0.4, 0.5) is 0 Å². The highest BCUT2D eigenvalue weighted by molar-refractivity contribution is 5.82. The lowest BCUT2D eigenvalue weighted by Gasteiger charge is -2.29. The summed E-state index contributed by atoms with van der Waals surface area (Å²) in [4.78, 5) is 13.2. The highest BCUT2D eigenvalue weighted by Crippen LogP contribution is 2.29. The number of benzene rings is 1. The van der Waals surface area contributed by atoms with Gasteiger partial charge in [-0.15, -0.1) is 0 Å². The molecule has 3 heteroatoms. The van der Waals surface area contributed by atoms with E-state index in [4.69, 9.17) is 0 Å². The largest absolute Gasteiger partial charge is 0.466 e. The van der Waals surface area contributed by atoms with Crippen LogP contribution in [0.1, 0.15) is 17.2 Å². The number of hydrogen-bond acceptors (Lipinski definition) is 3. The van der Waals surface area contributed by atoms with E-state index in [9.17, 15) is 4.79 Å². The third-order valence-electron chi connectivity index (χ3n) is 2.86. The molecule has 0 radical (unpaired) electrons. The molecule has 0 bridgehead atoms. The monoisotopic (exact) mass is 229 g/mol. The van der Waals surface area contributed by atoms with E-state index >= 15 is 0 Å². The summed E-state index contributed by atoms with van der Waals surface area (Å²) < 4.78 is 4.60. The SMILES string of the molecule is COC(=O)/C=C/C1c2ccccc2C=CN1C. The molecular weight excluding hydrogens is 214 g/mol. The van der Waals surface area contributed by atoms with Crippen molar-refractivity contribution in [3.63, 3.8) is 0 Å². The summed E-state index contributed by atoms with van der Waals surface area (Å²) in [5.74, 6) is -0.328. The number of esters is 1. The predicted octanol–water partition coefficient (Wildman–Crippen LogP) is 2.37. The molecule has 0 aliphatic carbocycles. The van der Waals surface area contributed by atoms with Crippen LogP contribution in [-0.4, -0.2) is 25.0 Å². The van der Waals surface area contributed by atoms with E-state index in [1.807, 2.05) is 31.5 Å². The molecule has 2 rings (SSSR count). The van der Waals surface area contributed by atoms with Crippen molar-refractivity contribution in [2.24, 2.45) is 0 Å². The van der Waals surface area contributed by atoms with Gasteiger partial charge >= 0.3 is 5.97 Å². The Kier molecular flexibility index (Phi) is 3.28. The van der Waals surface area contributed by atoms with Gasteiger partial charge in [-0.25, -0.2) is 4.79 Å². The molecule has 0 fully saturated rings. The fourth-order valence-corrected chi connectivity index (χ4v) is 1.92. The Morgan fingerprint density at radius 3 is 2.94 bits per heavy atom. The normalized spacial score (nSPS) is 18.2. The Bertz CT molecular complexity index is 477. The highest BCUT2D eigenvalue weighted by atomic mass is 16.5. The predicted molar refractivity (Wildman–Crippen MR) is 67.1 cm³/mol. The van der Waals surface area contributed by atoms with Crippen molar-refractivity contribution in [3.05, 3.63) is 53.7 Å². The van der Waals surface area contributed by atoms with Crippen LogP contribution in [0.3, 0.4) is 0 Å². The zero-order valence-corrected chi connectivity index (χ0v) is 9.96. The number of methoxy groups -OCH3 is 1. The van der Waals surface area contributed by atoms with Gasteiger partial charge in [-0.1, -0.05) is 30.3 Å². The maximum Gasteiger partial charge on any atom is 0.330 e. The first-order valence-corrected chi connectivity index (χ1v) is 5.47. The van der Waals surface area contributed by atoms with E-state index in [1.165, 1.54) is 24.3 Å². The number of ether oxygens (including phenoxy) is 1. The number of carbonyl (C=O) groups is 1. The summed E-state index contributed by atoms with van der Waals surface area (Å²) in [6.07, 6.45) is 7.40. The zero-order valence-electron chi connectivity index (χ0n) is 9.96. The number of likely N-dealkylation sites (N-methyl/N-ethyl adjacent to an activating group) is 1. The van der Waals surface area contributed by atoms with Crippen molar-refractivity contribution in [3.8, 4) is 0 Å². The van der Waals surface area contributed by atoms with Crippen LogP contribution in [0.5, 0.6) is 0 Å². The maximum atomic E-state index is 11.1. The Labute approximate surface area is 101 Å². The third kappa shape index (κ3) is 2.38.